The van der Waals surface area contributed by atoms with Crippen molar-refractivity contribution in [3.63, 3.8) is 0 Å². The number of nitrogens with zero attached hydrogens (tertiary/aromatic N) is 1. The number of thiazole rings is 1. The van der Waals surface area contributed by atoms with Crippen molar-refractivity contribution in [2.75, 3.05) is 7.11 Å². The minimum Gasteiger partial charge on any atom is -0.497 e. The molecule has 0 spiro atoms. The van der Waals surface area contributed by atoms with E-state index in [4.69, 9.17) is 4.74 Å². The Balaban J connectivity index is 1.83. The van der Waals surface area contributed by atoms with Crippen LogP contribution in [0.15, 0.2) is 52.7 Å². The summed E-state index contributed by atoms with van der Waals surface area (Å²) in [6, 6.07) is 11.6. The van der Waals surface area contributed by atoms with E-state index in [1.807, 2.05) is 0 Å². The van der Waals surface area contributed by atoms with Crippen molar-refractivity contribution in [1.29, 1.82) is 0 Å². The quantitative estimate of drug-likeness (QED) is 0.281. The van der Waals surface area contributed by atoms with E-state index >= 15 is 0 Å². The maximum Gasteiger partial charge on any atom is 0.447 e. The first-order chi connectivity index (χ1) is 14.5. The fourth-order valence-electron chi connectivity index (χ4n) is 3.49. The minimum absolute atomic E-state index is 0.0566. The lowest BCUT2D eigenvalue weighted by molar-refractivity contribution is -0.138. The molecule has 31 heavy (non-hydrogen) atoms. The van der Waals surface area contributed by atoms with Gasteiger partial charge in [0.05, 0.1) is 22.6 Å². The maximum atomic E-state index is 13.6. The van der Waals surface area contributed by atoms with Gasteiger partial charge >= 0.3 is 11.7 Å². The van der Waals surface area contributed by atoms with Gasteiger partial charge in [-0.2, -0.15) is 26.3 Å². The van der Waals surface area contributed by atoms with E-state index in [1.165, 1.54) is 25.3 Å². The van der Waals surface area contributed by atoms with Gasteiger partial charge in [0.2, 0.25) is 0 Å². The number of aromatic nitrogens is 1. The topological polar surface area (TPSA) is 22.1 Å². The molecular formula is C21H15F6NOS2. The molecule has 1 aromatic heterocycles. The molecule has 0 N–H and O–H groups in total. The van der Waals surface area contributed by atoms with Crippen LogP contribution in [0.4, 0.5) is 26.3 Å². The summed E-state index contributed by atoms with van der Waals surface area (Å²) in [6.45, 7) is 0. The molecule has 0 amide bonds. The summed E-state index contributed by atoms with van der Waals surface area (Å²) in [4.78, 5) is 4.44. The molecule has 2 aromatic carbocycles. The number of benzene rings is 2. The summed E-state index contributed by atoms with van der Waals surface area (Å²) < 4.78 is 85.3. The Labute approximate surface area is 182 Å². The predicted molar refractivity (Wildman–Crippen MR) is 107 cm³/mol. The van der Waals surface area contributed by atoms with E-state index in [2.05, 4.69) is 4.98 Å². The van der Waals surface area contributed by atoms with Crippen molar-refractivity contribution in [3.05, 3.63) is 64.7 Å². The number of hydrogen-bond acceptors (Lipinski definition) is 4. The average Bonchev–Trinajstić information content (AvgIpc) is 3.42. The van der Waals surface area contributed by atoms with Gasteiger partial charge in [0.1, 0.15) is 10.8 Å². The molecule has 0 atom stereocenters. The van der Waals surface area contributed by atoms with Gasteiger partial charge in [-0.25, -0.2) is 4.98 Å². The first-order valence-electron chi connectivity index (χ1n) is 9.12. The average molecular weight is 475 g/mol. The van der Waals surface area contributed by atoms with Crippen LogP contribution >= 0.6 is 23.1 Å². The van der Waals surface area contributed by atoms with Crippen LogP contribution in [0.3, 0.4) is 0 Å². The van der Waals surface area contributed by atoms with Gasteiger partial charge in [-0.15, -0.1) is 11.3 Å². The highest BCUT2D eigenvalue weighted by atomic mass is 32.2. The Morgan fingerprint density at radius 1 is 0.968 bits per heavy atom. The summed E-state index contributed by atoms with van der Waals surface area (Å²) in [7, 11) is 1.47. The van der Waals surface area contributed by atoms with E-state index in [0.717, 1.165) is 17.4 Å². The molecule has 0 unspecified atom stereocenters. The van der Waals surface area contributed by atoms with Crippen LogP contribution in [-0.4, -0.2) is 17.6 Å². The fourth-order valence-corrected chi connectivity index (χ4v) is 5.73. The third-order valence-electron chi connectivity index (χ3n) is 5.08. The monoisotopic (exact) mass is 475 g/mol. The Morgan fingerprint density at radius 2 is 1.61 bits per heavy atom. The first-order valence-corrected chi connectivity index (χ1v) is 10.7. The molecule has 1 aliphatic rings. The van der Waals surface area contributed by atoms with Gasteiger partial charge in [-0.3, -0.25) is 0 Å². The second kappa shape index (κ2) is 7.74. The van der Waals surface area contributed by atoms with Gasteiger partial charge in [0.15, 0.2) is 0 Å². The third-order valence-corrected chi connectivity index (χ3v) is 7.24. The standard InChI is InChI=1S/C21H15F6NOS2/c1-29-13-8-6-12(7-9-13)16-17(31-21(25,26)27)30-18(28-16)19(10-11-19)14-4-2-3-5-15(14)20(22,23)24/h2-9H,10-11H2,1H3. The van der Waals surface area contributed by atoms with E-state index in [1.54, 1.807) is 24.3 Å². The van der Waals surface area contributed by atoms with Crippen molar-refractivity contribution in [2.24, 2.45) is 0 Å². The summed E-state index contributed by atoms with van der Waals surface area (Å²) in [6.07, 6.45) is -3.77. The molecule has 1 saturated carbocycles. The van der Waals surface area contributed by atoms with Crippen LogP contribution in [-0.2, 0) is 11.6 Å². The number of alkyl halides is 6. The van der Waals surface area contributed by atoms with Crippen LogP contribution in [0.5, 0.6) is 5.75 Å². The summed E-state index contributed by atoms with van der Waals surface area (Å²) >= 11 is 0.512. The van der Waals surface area contributed by atoms with Crippen LogP contribution in [0.25, 0.3) is 11.3 Å². The van der Waals surface area contributed by atoms with Crippen LogP contribution in [0.2, 0.25) is 0 Å². The molecular weight excluding hydrogens is 460 g/mol. The van der Waals surface area contributed by atoms with Crippen LogP contribution in [0, 0.1) is 0 Å². The van der Waals surface area contributed by atoms with Gasteiger partial charge in [0.25, 0.3) is 0 Å². The van der Waals surface area contributed by atoms with Gasteiger partial charge in [0, 0.05) is 11.0 Å². The Hall–Kier alpha value is -2.20. The molecule has 10 heteroatoms. The summed E-state index contributed by atoms with van der Waals surface area (Å²) in [5, 5.41) is 0.266. The molecule has 2 nitrogen and oxygen atoms in total. The number of rotatable bonds is 5. The van der Waals surface area contributed by atoms with E-state index in [9.17, 15) is 26.3 Å². The summed E-state index contributed by atoms with van der Waals surface area (Å²) in [5.41, 5.74) is -5.75. The minimum atomic E-state index is -4.56. The Bertz CT molecular complexity index is 1080. The number of halogens is 6. The van der Waals surface area contributed by atoms with Crippen molar-refractivity contribution < 1.29 is 31.1 Å². The van der Waals surface area contributed by atoms with Crippen molar-refractivity contribution in [2.45, 2.75) is 34.2 Å². The lowest BCUT2D eigenvalue weighted by Crippen LogP contribution is -2.17. The third kappa shape index (κ3) is 4.41. The maximum absolute atomic E-state index is 13.6. The van der Waals surface area contributed by atoms with Gasteiger partial charge < -0.3 is 4.74 Å². The molecule has 0 saturated heterocycles. The van der Waals surface area contributed by atoms with Gasteiger partial charge in [-0.1, -0.05) is 18.2 Å². The lowest BCUT2D eigenvalue weighted by Gasteiger charge is -2.19. The van der Waals surface area contributed by atoms with Crippen molar-refractivity contribution in [1.82, 2.24) is 4.98 Å². The van der Waals surface area contributed by atoms with E-state index < -0.39 is 22.7 Å². The molecule has 164 valence electrons. The largest absolute Gasteiger partial charge is 0.497 e. The first kappa shape index (κ1) is 22.0. The van der Waals surface area contributed by atoms with Crippen molar-refractivity contribution in [3.8, 4) is 17.0 Å². The zero-order valence-electron chi connectivity index (χ0n) is 16.0. The number of hydrogen-bond donors (Lipinski definition) is 0. The highest BCUT2D eigenvalue weighted by Gasteiger charge is 2.53. The molecule has 0 bridgehead atoms. The molecule has 3 aromatic rings. The van der Waals surface area contributed by atoms with Crippen molar-refractivity contribution >= 4 is 23.1 Å². The highest BCUT2D eigenvalue weighted by molar-refractivity contribution is 8.02. The zero-order valence-corrected chi connectivity index (χ0v) is 17.6. The number of ether oxygens (including phenoxy) is 1. The van der Waals surface area contributed by atoms with Gasteiger partial charge in [-0.05, 0) is 60.5 Å². The Morgan fingerprint density at radius 3 is 2.16 bits per heavy atom. The molecule has 4 rings (SSSR count). The number of methoxy groups -OCH3 is 1. The van der Waals surface area contributed by atoms with Crippen LogP contribution in [0.1, 0.15) is 29.0 Å². The number of thioether (sulfide) groups is 1. The molecule has 1 heterocycles. The zero-order chi connectivity index (χ0) is 22.4. The lowest BCUT2D eigenvalue weighted by atomic mass is 9.91. The fraction of sp³-hybridized carbons (Fsp3) is 0.286. The normalized spacial score (nSPS) is 15.7. The molecule has 0 radical (unpaired) electrons. The molecule has 1 aliphatic carbocycles. The highest BCUT2D eigenvalue weighted by Crippen LogP contribution is 2.59. The second-order valence-corrected chi connectivity index (χ2v) is 9.39. The summed E-state index contributed by atoms with van der Waals surface area (Å²) in [5.74, 6) is 0.530. The SMILES string of the molecule is COc1ccc(-c2nc(C3(c4ccccc4C(F)(F)F)CC3)sc2SC(F)(F)F)cc1. The molecule has 1 fully saturated rings. The second-order valence-electron chi connectivity index (χ2n) is 7.06. The Kier molecular flexibility index (Phi) is 5.49. The van der Waals surface area contributed by atoms with Crippen LogP contribution < -0.4 is 4.74 Å². The predicted octanol–water partition coefficient (Wildman–Crippen LogP) is 7.53. The van der Waals surface area contributed by atoms with E-state index in [-0.39, 0.29) is 32.2 Å². The smallest absolute Gasteiger partial charge is 0.447 e. The van der Waals surface area contributed by atoms with E-state index in [0.29, 0.717) is 24.2 Å². The molecule has 0 aliphatic heterocycles.